The van der Waals surface area contributed by atoms with Crippen LogP contribution in [0, 0.1) is 13.8 Å². The van der Waals surface area contributed by atoms with Gasteiger partial charge in [0.15, 0.2) is 0 Å². The number of rotatable bonds is 8. The summed E-state index contributed by atoms with van der Waals surface area (Å²) < 4.78 is 11.8. The Balaban J connectivity index is 2.21. The summed E-state index contributed by atoms with van der Waals surface area (Å²) in [5.41, 5.74) is 1.58. The molecular weight excluding hydrogens is 370 g/mol. The molecule has 0 aliphatic rings. The van der Waals surface area contributed by atoms with Crippen LogP contribution in [-0.4, -0.2) is 40.8 Å². The molecule has 2 heterocycles. The molecule has 1 amide bonds. The maximum absolute atomic E-state index is 12.4. The minimum atomic E-state index is -0.583. The highest BCUT2D eigenvalue weighted by molar-refractivity contribution is 7.18. The number of hydrogen-bond donors (Lipinski definition) is 1. The Kier molecular flexibility index (Phi) is 7.12. The second-order valence-electron chi connectivity index (χ2n) is 5.70. The Bertz CT molecular complexity index is 840. The summed E-state index contributed by atoms with van der Waals surface area (Å²) in [5.74, 6) is -1.40. The third-order valence-electron chi connectivity index (χ3n) is 3.82. The maximum atomic E-state index is 12.4. The number of ether oxygens (including phenoxy) is 2. The molecule has 0 aromatic carbocycles. The van der Waals surface area contributed by atoms with Gasteiger partial charge in [0.1, 0.15) is 9.88 Å². The average molecular weight is 393 g/mol. The van der Waals surface area contributed by atoms with E-state index in [1.165, 1.54) is 0 Å². The lowest BCUT2D eigenvalue weighted by Crippen LogP contribution is -2.17. The highest BCUT2D eigenvalue weighted by atomic mass is 32.1. The van der Waals surface area contributed by atoms with Gasteiger partial charge in [0.2, 0.25) is 5.91 Å². The second kappa shape index (κ2) is 9.31. The minimum Gasteiger partial charge on any atom is -0.462 e. The van der Waals surface area contributed by atoms with Crippen molar-refractivity contribution in [2.75, 3.05) is 18.5 Å². The molecule has 0 unspecified atom stereocenters. The lowest BCUT2D eigenvalue weighted by atomic mass is 10.1. The molecule has 8 nitrogen and oxygen atoms in total. The van der Waals surface area contributed by atoms with Crippen molar-refractivity contribution in [3.63, 3.8) is 0 Å². The van der Waals surface area contributed by atoms with Crippen molar-refractivity contribution in [3.8, 4) is 0 Å². The number of amides is 1. The predicted octanol–water partition coefficient (Wildman–Crippen LogP) is 2.94. The summed E-state index contributed by atoms with van der Waals surface area (Å²) in [4.78, 5) is 37.1. The number of carbonyl (C=O) groups excluding carboxylic acids is 3. The van der Waals surface area contributed by atoms with Crippen LogP contribution >= 0.6 is 11.3 Å². The van der Waals surface area contributed by atoms with Gasteiger partial charge in [0.05, 0.1) is 18.8 Å². The van der Waals surface area contributed by atoms with E-state index in [9.17, 15) is 14.4 Å². The summed E-state index contributed by atoms with van der Waals surface area (Å²) in [6.07, 6.45) is 1.84. The van der Waals surface area contributed by atoms with E-state index in [1.54, 1.807) is 31.6 Å². The quantitative estimate of drug-likeness (QED) is 0.692. The molecule has 0 bridgehead atoms. The monoisotopic (exact) mass is 393 g/mol. The van der Waals surface area contributed by atoms with Gasteiger partial charge in [0.25, 0.3) is 0 Å². The van der Waals surface area contributed by atoms with Crippen molar-refractivity contribution in [1.82, 2.24) is 9.78 Å². The van der Waals surface area contributed by atoms with E-state index in [0.29, 0.717) is 12.1 Å². The molecule has 0 saturated heterocycles. The Hall–Kier alpha value is -2.68. The first-order valence-corrected chi connectivity index (χ1v) is 9.46. The Morgan fingerprint density at radius 3 is 2.41 bits per heavy atom. The molecular formula is C18H23N3O5S. The van der Waals surface area contributed by atoms with Gasteiger partial charge in [-0.15, -0.1) is 11.3 Å². The summed E-state index contributed by atoms with van der Waals surface area (Å²) in [5, 5.41) is 7.14. The topological polar surface area (TPSA) is 99.5 Å². The van der Waals surface area contributed by atoms with Crippen molar-refractivity contribution >= 4 is 34.2 Å². The summed E-state index contributed by atoms with van der Waals surface area (Å²) in [6.45, 7) is 7.75. The number of aryl methyl sites for hydroxylation is 2. The lowest BCUT2D eigenvalue weighted by molar-refractivity contribution is -0.116. The van der Waals surface area contributed by atoms with E-state index < -0.39 is 11.9 Å². The second-order valence-corrected chi connectivity index (χ2v) is 6.72. The zero-order valence-corrected chi connectivity index (χ0v) is 16.6. The van der Waals surface area contributed by atoms with E-state index in [4.69, 9.17) is 9.47 Å². The number of nitrogens with one attached hydrogen (secondary N) is 1. The summed E-state index contributed by atoms with van der Waals surface area (Å²) in [6, 6.07) is 1.85. The van der Waals surface area contributed by atoms with Crippen molar-refractivity contribution in [2.45, 2.75) is 40.7 Å². The first kappa shape index (κ1) is 20.6. The number of anilines is 1. The van der Waals surface area contributed by atoms with Crippen LogP contribution in [0.1, 0.15) is 51.6 Å². The third kappa shape index (κ3) is 4.94. The number of nitrogens with zero attached hydrogens (tertiary/aromatic N) is 2. The highest BCUT2D eigenvalue weighted by Gasteiger charge is 2.27. The van der Waals surface area contributed by atoms with Gasteiger partial charge in [-0.05, 0) is 39.3 Å². The number of carbonyl (C=O) groups is 3. The minimum absolute atomic E-state index is 0.177. The first-order valence-electron chi connectivity index (χ1n) is 8.64. The van der Waals surface area contributed by atoms with E-state index in [-0.39, 0.29) is 41.0 Å². The van der Waals surface area contributed by atoms with Crippen LogP contribution in [0.3, 0.4) is 0 Å². The van der Waals surface area contributed by atoms with Gasteiger partial charge in [-0.25, -0.2) is 9.59 Å². The fourth-order valence-electron chi connectivity index (χ4n) is 2.47. The molecule has 2 aromatic rings. The molecule has 27 heavy (non-hydrogen) atoms. The Morgan fingerprint density at radius 1 is 1.15 bits per heavy atom. The zero-order valence-electron chi connectivity index (χ0n) is 15.8. The molecule has 0 aliphatic carbocycles. The highest BCUT2D eigenvalue weighted by Crippen LogP contribution is 2.34. The molecule has 9 heteroatoms. The number of aromatic nitrogens is 2. The number of hydrogen-bond acceptors (Lipinski definition) is 7. The molecule has 2 rings (SSSR count). The Morgan fingerprint density at radius 2 is 1.81 bits per heavy atom. The number of thiophene rings is 1. The summed E-state index contributed by atoms with van der Waals surface area (Å²) in [7, 11) is 0. The van der Waals surface area contributed by atoms with Crippen molar-refractivity contribution in [3.05, 3.63) is 34.0 Å². The molecule has 0 fully saturated rings. The van der Waals surface area contributed by atoms with Gasteiger partial charge in [-0.1, -0.05) is 0 Å². The van der Waals surface area contributed by atoms with E-state index in [0.717, 1.165) is 17.0 Å². The average Bonchev–Trinajstić information content (AvgIpc) is 3.16. The largest absolute Gasteiger partial charge is 0.462 e. The normalized spacial score (nSPS) is 10.5. The maximum Gasteiger partial charge on any atom is 0.348 e. The van der Waals surface area contributed by atoms with Crippen LogP contribution in [0.15, 0.2) is 12.3 Å². The fraction of sp³-hybridized carbons (Fsp3) is 0.444. The van der Waals surface area contributed by atoms with E-state index in [2.05, 4.69) is 10.4 Å². The molecule has 0 saturated carbocycles. The molecule has 146 valence electrons. The summed E-state index contributed by atoms with van der Waals surface area (Å²) >= 11 is 1.01. The van der Waals surface area contributed by atoms with E-state index >= 15 is 0 Å². The smallest absolute Gasteiger partial charge is 0.348 e. The molecule has 0 radical (unpaired) electrons. The van der Waals surface area contributed by atoms with Crippen LogP contribution in [0.4, 0.5) is 5.00 Å². The van der Waals surface area contributed by atoms with Crippen LogP contribution < -0.4 is 5.32 Å². The molecule has 2 aromatic heterocycles. The van der Waals surface area contributed by atoms with Crippen LogP contribution in [0.2, 0.25) is 0 Å². The lowest BCUT2D eigenvalue weighted by Gasteiger charge is -2.08. The van der Waals surface area contributed by atoms with Crippen LogP contribution in [-0.2, 0) is 20.8 Å². The van der Waals surface area contributed by atoms with Crippen molar-refractivity contribution in [1.29, 1.82) is 0 Å². The first-order chi connectivity index (χ1) is 12.9. The molecule has 0 spiro atoms. The van der Waals surface area contributed by atoms with Crippen LogP contribution in [0.25, 0.3) is 0 Å². The third-order valence-corrected chi connectivity index (χ3v) is 5.01. The Labute approximate surface area is 161 Å². The standard InChI is InChI=1S/C18H23N3O5S/c1-5-25-17(23)14-12(4)15(18(24)26-6-2)27-16(14)20-13(22)8-10-21-11(3)7-9-19-21/h7,9H,5-6,8,10H2,1-4H3,(H,20,22). The predicted molar refractivity (Wildman–Crippen MR) is 101 cm³/mol. The van der Waals surface area contributed by atoms with Gasteiger partial charge in [0, 0.05) is 24.9 Å². The van der Waals surface area contributed by atoms with Crippen LogP contribution in [0.5, 0.6) is 0 Å². The zero-order chi connectivity index (χ0) is 20.0. The SMILES string of the molecule is CCOC(=O)c1sc(NC(=O)CCn2nccc2C)c(C(=O)OCC)c1C. The van der Waals surface area contributed by atoms with Crippen molar-refractivity contribution < 1.29 is 23.9 Å². The van der Waals surface area contributed by atoms with E-state index in [1.807, 2.05) is 13.0 Å². The number of esters is 2. The van der Waals surface area contributed by atoms with Gasteiger partial charge in [-0.2, -0.15) is 5.10 Å². The molecule has 0 atom stereocenters. The van der Waals surface area contributed by atoms with Gasteiger partial charge < -0.3 is 14.8 Å². The fourth-order valence-corrected chi connectivity index (χ4v) is 3.58. The molecule has 0 aliphatic heterocycles. The van der Waals surface area contributed by atoms with Gasteiger partial charge in [-0.3, -0.25) is 9.48 Å². The van der Waals surface area contributed by atoms with Crippen molar-refractivity contribution in [2.24, 2.45) is 0 Å². The molecule has 1 N–H and O–H groups in total. The van der Waals surface area contributed by atoms with Gasteiger partial charge >= 0.3 is 11.9 Å².